The van der Waals surface area contributed by atoms with E-state index in [2.05, 4.69) is 9.97 Å². The first-order valence-corrected chi connectivity index (χ1v) is 9.86. The molecule has 2 fully saturated rings. The highest BCUT2D eigenvalue weighted by atomic mass is 19.1. The van der Waals surface area contributed by atoms with E-state index in [1.54, 1.807) is 24.5 Å². The van der Waals surface area contributed by atoms with Crippen molar-refractivity contribution in [3.8, 4) is 22.5 Å². The van der Waals surface area contributed by atoms with E-state index in [4.69, 9.17) is 19.2 Å². The third-order valence-electron chi connectivity index (χ3n) is 5.46. The monoisotopic (exact) mass is 395 g/mol. The number of ether oxygens (including phenoxy) is 3. The number of benzene rings is 1. The van der Waals surface area contributed by atoms with Gasteiger partial charge in [0.15, 0.2) is 5.82 Å². The summed E-state index contributed by atoms with van der Waals surface area (Å²) in [5.41, 5.74) is 2.93. The Hall–Kier alpha value is -2.61. The quantitative estimate of drug-likeness (QED) is 0.718. The summed E-state index contributed by atoms with van der Waals surface area (Å²) in [6, 6.07) is 10.1. The third-order valence-corrected chi connectivity index (χ3v) is 5.46. The molecule has 0 saturated carbocycles. The number of aromatic amines is 1. The molecule has 1 N–H and O–H groups in total. The molecule has 0 bridgehead atoms. The molecule has 0 radical (unpaired) electrons. The summed E-state index contributed by atoms with van der Waals surface area (Å²) in [4.78, 5) is 12.2. The van der Waals surface area contributed by atoms with Gasteiger partial charge in [0, 0.05) is 30.1 Å². The molecule has 2 aliphatic heterocycles. The largest absolute Gasteiger partial charge is 0.370 e. The van der Waals surface area contributed by atoms with Crippen LogP contribution in [0, 0.1) is 5.82 Å². The lowest BCUT2D eigenvalue weighted by molar-refractivity contribution is -0.279. The van der Waals surface area contributed by atoms with Crippen LogP contribution in [0.4, 0.5) is 4.39 Å². The summed E-state index contributed by atoms with van der Waals surface area (Å²) in [6.45, 7) is 1.71. The zero-order valence-corrected chi connectivity index (χ0v) is 15.9. The van der Waals surface area contributed by atoms with E-state index in [0.29, 0.717) is 19.0 Å². The van der Waals surface area contributed by atoms with Crippen LogP contribution < -0.4 is 0 Å². The molecule has 7 heteroatoms. The van der Waals surface area contributed by atoms with Crippen molar-refractivity contribution < 1.29 is 18.6 Å². The molecule has 29 heavy (non-hydrogen) atoms. The summed E-state index contributed by atoms with van der Waals surface area (Å²) >= 11 is 0. The first-order chi connectivity index (χ1) is 14.2. The zero-order chi connectivity index (χ0) is 19.7. The highest BCUT2D eigenvalue weighted by Crippen LogP contribution is 2.36. The number of hydrogen-bond donors (Lipinski definition) is 1. The van der Waals surface area contributed by atoms with Crippen molar-refractivity contribution in [2.75, 3.05) is 19.8 Å². The number of hydrogen-bond acceptors (Lipinski definition) is 5. The van der Waals surface area contributed by atoms with E-state index in [9.17, 15) is 4.39 Å². The van der Waals surface area contributed by atoms with E-state index in [0.717, 1.165) is 48.4 Å². The molecule has 1 aromatic carbocycles. The van der Waals surface area contributed by atoms with Crippen LogP contribution >= 0.6 is 0 Å². The minimum Gasteiger partial charge on any atom is -0.370 e. The van der Waals surface area contributed by atoms with E-state index >= 15 is 0 Å². The van der Waals surface area contributed by atoms with Crippen molar-refractivity contribution in [2.24, 2.45) is 0 Å². The second-order valence-corrected chi connectivity index (χ2v) is 7.53. The standard InChI is InChI=1S/C22H22FN3O3/c23-17-5-3-15(4-6-17)18-19(16-7-10-24-11-8-16)26-20(25-18)21-27-13-22(14-28-21)9-1-2-12-29-22/h3-8,10-11,21H,1-2,9,12-14H2,(H,25,26). The van der Waals surface area contributed by atoms with Gasteiger partial charge in [-0.3, -0.25) is 4.98 Å². The van der Waals surface area contributed by atoms with Gasteiger partial charge in [-0.15, -0.1) is 0 Å². The van der Waals surface area contributed by atoms with E-state index in [-0.39, 0.29) is 11.4 Å². The van der Waals surface area contributed by atoms with E-state index in [1.807, 2.05) is 12.1 Å². The summed E-state index contributed by atoms with van der Waals surface area (Å²) in [5, 5.41) is 0. The summed E-state index contributed by atoms with van der Waals surface area (Å²) in [6.07, 6.45) is 5.99. The molecule has 6 nitrogen and oxygen atoms in total. The Balaban J connectivity index is 1.46. The molecule has 0 aliphatic carbocycles. The van der Waals surface area contributed by atoms with E-state index in [1.165, 1.54) is 12.1 Å². The maximum atomic E-state index is 13.4. The van der Waals surface area contributed by atoms with Crippen molar-refractivity contribution in [3.63, 3.8) is 0 Å². The van der Waals surface area contributed by atoms with Gasteiger partial charge in [0.25, 0.3) is 0 Å². The second-order valence-electron chi connectivity index (χ2n) is 7.53. The Bertz CT molecular complexity index is 959. The van der Waals surface area contributed by atoms with Gasteiger partial charge in [-0.1, -0.05) is 0 Å². The SMILES string of the molecule is Fc1ccc(-c2[nH]c(C3OCC4(CCCCO4)CO3)nc2-c2ccncc2)cc1. The van der Waals surface area contributed by atoms with Gasteiger partial charge in [0.05, 0.1) is 24.6 Å². The average molecular weight is 395 g/mol. The number of pyridine rings is 1. The van der Waals surface area contributed by atoms with Crippen LogP contribution in [0.1, 0.15) is 31.4 Å². The number of rotatable bonds is 3. The molecule has 150 valence electrons. The highest BCUT2D eigenvalue weighted by molar-refractivity contribution is 5.78. The lowest BCUT2D eigenvalue weighted by Gasteiger charge is -2.41. The Morgan fingerprint density at radius 1 is 0.966 bits per heavy atom. The van der Waals surface area contributed by atoms with Crippen molar-refractivity contribution in [1.29, 1.82) is 0 Å². The summed E-state index contributed by atoms with van der Waals surface area (Å²) in [7, 11) is 0. The van der Waals surface area contributed by atoms with Crippen LogP contribution in [0.15, 0.2) is 48.8 Å². The van der Waals surface area contributed by atoms with Gasteiger partial charge in [0.1, 0.15) is 11.4 Å². The number of aromatic nitrogens is 3. The van der Waals surface area contributed by atoms with Crippen molar-refractivity contribution in [3.05, 3.63) is 60.4 Å². The fourth-order valence-electron chi connectivity index (χ4n) is 3.89. The van der Waals surface area contributed by atoms with Crippen molar-refractivity contribution >= 4 is 0 Å². The van der Waals surface area contributed by atoms with Gasteiger partial charge in [-0.25, -0.2) is 9.37 Å². The van der Waals surface area contributed by atoms with Crippen LogP contribution in [0.25, 0.3) is 22.5 Å². The Kier molecular flexibility index (Phi) is 4.87. The maximum Gasteiger partial charge on any atom is 0.217 e. The second kappa shape index (κ2) is 7.67. The van der Waals surface area contributed by atoms with Crippen LogP contribution in [0.2, 0.25) is 0 Å². The van der Waals surface area contributed by atoms with Crippen LogP contribution in [0.3, 0.4) is 0 Å². The lowest BCUT2D eigenvalue weighted by Crippen LogP contribution is -2.49. The molecule has 2 aromatic heterocycles. The van der Waals surface area contributed by atoms with Gasteiger partial charge >= 0.3 is 0 Å². The highest BCUT2D eigenvalue weighted by Gasteiger charge is 2.40. The summed E-state index contributed by atoms with van der Waals surface area (Å²) < 4.78 is 31.4. The number of nitrogens with zero attached hydrogens (tertiary/aromatic N) is 2. The number of nitrogens with one attached hydrogen (secondary N) is 1. The van der Waals surface area contributed by atoms with Crippen molar-refractivity contribution in [2.45, 2.75) is 31.2 Å². The topological polar surface area (TPSA) is 69.3 Å². The Labute approximate surface area is 168 Å². The third kappa shape index (κ3) is 3.69. The molecule has 5 rings (SSSR count). The van der Waals surface area contributed by atoms with Crippen LogP contribution in [-0.4, -0.2) is 40.4 Å². The Morgan fingerprint density at radius 3 is 2.41 bits per heavy atom. The van der Waals surface area contributed by atoms with Gasteiger partial charge in [-0.2, -0.15) is 0 Å². The zero-order valence-electron chi connectivity index (χ0n) is 15.9. The predicted molar refractivity (Wildman–Crippen MR) is 104 cm³/mol. The number of H-pyrrole nitrogens is 1. The normalized spacial score (nSPS) is 24.7. The molecular formula is C22H22FN3O3. The fraction of sp³-hybridized carbons (Fsp3) is 0.364. The molecular weight excluding hydrogens is 373 g/mol. The molecule has 2 aliphatic rings. The van der Waals surface area contributed by atoms with Gasteiger partial charge < -0.3 is 19.2 Å². The molecule has 1 spiro atoms. The Morgan fingerprint density at radius 2 is 1.72 bits per heavy atom. The fourth-order valence-corrected chi connectivity index (χ4v) is 3.89. The maximum absolute atomic E-state index is 13.4. The molecule has 2 saturated heterocycles. The smallest absolute Gasteiger partial charge is 0.217 e. The van der Waals surface area contributed by atoms with Gasteiger partial charge in [-0.05, 0) is 55.7 Å². The average Bonchev–Trinajstić information content (AvgIpc) is 3.21. The first-order valence-electron chi connectivity index (χ1n) is 9.86. The van der Waals surface area contributed by atoms with Crippen LogP contribution in [-0.2, 0) is 14.2 Å². The lowest BCUT2D eigenvalue weighted by atomic mass is 9.95. The van der Waals surface area contributed by atoms with Crippen LogP contribution in [0.5, 0.6) is 0 Å². The molecule has 0 atom stereocenters. The van der Waals surface area contributed by atoms with Gasteiger partial charge in [0.2, 0.25) is 6.29 Å². The molecule has 4 heterocycles. The molecule has 0 unspecified atom stereocenters. The minimum atomic E-state index is -0.596. The molecule has 3 aromatic rings. The predicted octanol–water partition coefficient (Wildman–Crippen LogP) is 4.26. The van der Waals surface area contributed by atoms with E-state index < -0.39 is 6.29 Å². The minimum absolute atomic E-state index is 0.282. The summed E-state index contributed by atoms with van der Waals surface area (Å²) in [5.74, 6) is 0.303. The van der Waals surface area contributed by atoms with Crippen molar-refractivity contribution in [1.82, 2.24) is 15.0 Å². The number of halogens is 1. The first kappa shape index (κ1) is 18.4. The number of imidazole rings is 1. The molecule has 0 amide bonds.